The van der Waals surface area contributed by atoms with Crippen molar-refractivity contribution in [1.82, 2.24) is 10.6 Å². The van der Waals surface area contributed by atoms with Crippen LogP contribution in [0.25, 0.3) is 0 Å². The lowest BCUT2D eigenvalue weighted by Crippen LogP contribution is -2.48. The van der Waals surface area contributed by atoms with Crippen LogP contribution in [-0.2, 0) is 15.6 Å². The third kappa shape index (κ3) is 7.82. The number of carbonyl (C=O) groups is 1. The Kier molecular flexibility index (Phi) is 6.83. The van der Waals surface area contributed by atoms with Crippen molar-refractivity contribution < 1.29 is 9.00 Å². The van der Waals surface area contributed by atoms with E-state index in [0.29, 0.717) is 5.75 Å². The summed E-state index contributed by atoms with van der Waals surface area (Å²) < 4.78 is 10.9. The van der Waals surface area contributed by atoms with E-state index >= 15 is 0 Å². The third-order valence-electron chi connectivity index (χ3n) is 2.46. The minimum atomic E-state index is -0.825. The van der Waals surface area contributed by atoms with Crippen LogP contribution in [0.3, 0.4) is 0 Å². The first-order valence-electron chi connectivity index (χ1n) is 5.61. The first-order chi connectivity index (χ1) is 7.26. The molecule has 0 heterocycles. The summed E-state index contributed by atoms with van der Waals surface area (Å²) in [5.41, 5.74) is -0.157. The highest BCUT2D eigenvalue weighted by Crippen LogP contribution is 2.05. The van der Waals surface area contributed by atoms with Crippen molar-refractivity contribution in [1.29, 1.82) is 0 Å². The van der Waals surface area contributed by atoms with Crippen LogP contribution >= 0.6 is 0 Å². The van der Waals surface area contributed by atoms with Gasteiger partial charge in [-0.05, 0) is 27.2 Å². The van der Waals surface area contributed by atoms with Crippen LogP contribution in [0.4, 0.5) is 0 Å². The van der Waals surface area contributed by atoms with Crippen LogP contribution in [0.2, 0.25) is 0 Å². The molecule has 0 aliphatic heterocycles. The summed E-state index contributed by atoms with van der Waals surface area (Å²) in [4.78, 5) is 11.6. The molecular weight excluding hydrogens is 224 g/mol. The standard InChI is InChI=1S/C11H24N2O2S/c1-6-11(3,4)13-10(14)7-12-9(2)8-16(5)15/h9,12H,6-8H2,1-5H3,(H,13,14). The van der Waals surface area contributed by atoms with Crippen molar-refractivity contribution >= 4 is 16.7 Å². The monoisotopic (exact) mass is 248 g/mol. The van der Waals surface area contributed by atoms with E-state index in [4.69, 9.17) is 0 Å². The van der Waals surface area contributed by atoms with Gasteiger partial charge in [-0.1, -0.05) is 6.92 Å². The summed E-state index contributed by atoms with van der Waals surface area (Å²) in [6.07, 6.45) is 2.56. The van der Waals surface area contributed by atoms with Gasteiger partial charge in [-0.15, -0.1) is 0 Å². The SMILES string of the molecule is CCC(C)(C)NC(=O)CNC(C)CS(C)=O. The number of hydrogen-bond acceptors (Lipinski definition) is 3. The molecule has 5 heteroatoms. The Balaban J connectivity index is 3.86. The fraction of sp³-hybridized carbons (Fsp3) is 0.909. The fourth-order valence-corrected chi connectivity index (χ4v) is 2.01. The van der Waals surface area contributed by atoms with E-state index in [1.807, 2.05) is 27.7 Å². The minimum absolute atomic E-state index is 0.0133. The Bertz CT molecular complexity index is 254. The van der Waals surface area contributed by atoms with E-state index in [9.17, 15) is 9.00 Å². The van der Waals surface area contributed by atoms with Gasteiger partial charge in [-0.25, -0.2) is 0 Å². The molecule has 0 aliphatic carbocycles. The van der Waals surface area contributed by atoms with Crippen LogP contribution in [0.15, 0.2) is 0 Å². The largest absolute Gasteiger partial charge is 0.350 e. The van der Waals surface area contributed by atoms with Crippen LogP contribution in [0.1, 0.15) is 34.1 Å². The van der Waals surface area contributed by atoms with Crippen LogP contribution in [0.5, 0.6) is 0 Å². The Morgan fingerprint density at radius 2 is 2.00 bits per heavy atom. The van der Waals surface area contributed by atoms with Crippen molar-refractivity contribution in [3.05, 3.63) is 0 Å². The predicted octanol–water partition coefficient (Wildman–Crippen LogP) is 0.648. The number of hydrogen-bond donors (Lipinski definition) is 2. The lowest BCUT2D eigenvalue weighted by atomic mass is 10.0. The maximum Gasteiger partial charge on any atom is 0.234 e. The van der Waals surface area contributed by atoms with Gasteiger partial charge in [-0.3, -0.25) is 9.00 Å². The molecular formula is C11H24N2O2S. The highest BCUT2D eigenvalue weighted by atomic mass is 32.2. The molecule has 96 valence electrons. The Morgan fingerprint density at radius 1 is 1.44 bits per heavy atom. The van der Waals surface area contributed by atoms with Crippen LogP contribution in [0, 0.1) is 0 Å². The first-order valence-corrected chi connectivity index (χ1v) is 7.34. The molecule has 2 N–H and O–H groups in total. The highest BCUT2D eigenvalue weighted by molar-refractivity contribution is 7.84. The second-order valence-corrected chi connectivity index (χ2v) is 6.29. The smallest absolute Gasteiger partial charge is 0.234 e. The molecule has 4 nitrogen and oxygen atoms in total. The molecule has 2 atom stereocenters. The molecule has 0 saturated carbocycles. The third-order valence-corrected chi connectivity index (χ3v) is 3.43. The lowest BCUT2D eigenvalue weighted by Gasteiger charge is -2.25. The Labute approximate surface area is 101 Å². The van der Waals surface area contributed by atoms with E-state index in [1.165, 1.54) is 0 Å². The summed E-state index contributed by atoms with van der Waals surface area (Å²) in [6, 6.07) is 0.0984. The summed E-state index contributed by atoms with van der Waals surface area (Å²) in [6.45, 7) is 8.24. The maximum absolute atomic E-state index is 11.6. The summed E-state index contributed by atoms with van der Waals surface area (Å²) in [5, 5.41) is 5.99. The summed E-state index contributed by atoms with van der Waals surface area (Å²) in [5.74, 6) is 0.561. The second kappa shape index (κ2) is 7.01. The normalized spacial score (nSPS) is 15.6. The van der Waals surface area contributed by atoms with Gasteiger partial charge in [0.25, 0.3) is 0 Å². The van der Waals surface area contributed by atoms with Crippen LogP contribution in [-0.4, -0.2) is 40.3 Å². The van der Waals surface area contributed by atoms with Crippen LogP contribution < -0.4 is 10.6 Å². The zero-order chi connectivity index (χ0) is 12.8. The molecule has 16 heavy (non-hydrogen) atoms. The minimum Gasteiger partial charge on any atom is -0.350 e. The van der Waals surface area contributed by atoms with Gasteiger partial charge in [0.2, 0.25) is 5.91 Å². The lowest BCUT2D eigenvalue weighted by molar-refractivity contribution is -0.121. The van der Waals surface area contributed by atoms with Gasteiger partial charge in [0.1, 0.15) is 0 Å². The van der Waals surface area contributed by atoms with Crippen molar-refractivity contribution in [2.24, 2.45) is 0 Å². The molecule has 0 aromatic heterocycles. The quantitative estimate of drug-likeness (QED) is 0.695. The molecule has 0 aromatic carbocycles. The van der Waals surface area contributed by atoms with E-state index < -0.39 is 10.8 Å². The van der Waals surface area contributed by atoms with Gasteiger partial charge < -0.3 is 10.6 Å². The highest BCUT2D eigenvalue weighted by Gasteiger charge is 2.17. The number of nitrogens with one attached hydrogen (secondary N) is 2. The average Bonchev–Trinajstić information content (AvgIpc) is 2.13. The molecule has 0 saturated heterocycles. The van der Waals surface area contributed by atoms with Gasteiger partial charge in [0.15, 0.2) is 0 Å². The second-order valence-electron chi connectivity index (χ2n) is 4.81. The zero-order valence-corrected chi connectivity index (χ0v) is 11.7. The molecule has 0 aromatic rings. The van der Waals surface area contributed by atoms with Crippen molar-refractivity contribution in [2.75, 3.05) is 18.6 Å². The number of amides is 1. The molecule has 0 radical (unpaired) electrons. The molecule has 1 amide bonds. The van der Waals surface area contributed by atoms with Crippen molar-refractivity contribution in [3.8, 4) is 0 Å². The van der Waals surface area contributed by atoms with Gasteiger partial charge >= 0.3 is 0 Å². The first kappa shape index (κ1) is 15.6. The molecule has 0 rings (SSSR count). The van der Waals surface area contributed by atoms with Crippen molar-refractivity contribution in [3.63, 3.8) is 0 Å². The summed E-state index contributed by atoms with van der Waals surface area (Å²) >= 11 is 0. The zero-order valence-electron chi connectivity index (χ0n) is 10.9. The average molecular weight is 248 g/mol. The van der Waals surface area contributed by atoms with Gasteiger partial charge in [-0.2, -0.15) is 0 Å². The van der Waals surface area contributed by atoms with E-state index in [0.717, 1.165) is 6.42 Å². The van der Waals surface area contributed by atoms with Gasteiger partial charge in [0.05, 0.1) is 6.54 Å². The molecule has 0 bridgehead atoms. The van der Waals surface area contributed by atoms with Gasteiger partial charge in [0, 0.05) is 34.4 Å². The topological polar surface area (TPSA) is 58.2 Å². The maximum atomic E-state index is 11.6. The predicted molar refractivity (Wildman–Crippen MR) is 68.9 cm³/mol. The molecule has 2 unspecified atom stereocenters. The Morgan fingerprint density at radius 3 is 2.44 bits per heavy atom. The van der Waals surface area contributed by atoms with E-state index in [-0.39, 0.29) is 24.0 Å². The molecule has 0 fully saturated rings. The van der Waals surface area contributed by atoms with E-state index in [1.54, 1.807) is 6.26 Å². The fourth-order valence-electron chi connectivity index (χ4n) is 1.19. The van der Waals surface area contributed by atoms with Crippen molar-refractivity contribution in [2.45, 2.75) is 45.7 Å². The number of carbonyl (C=O) groups excluding carboxylic acids is 1. The molecule has 0 aliphatic rings. The van der Waals surface area contributed by atoms with E-state index in [2.05, 4.69) is 10.6 Å². The number of rotatable bonds is 7. The summed E-state index contributed by atoms with van der Waals surface area (Å²) in [7, 11) is -0.825. The Hall–Kier alpha value is -0.420. The molecule has 0 spiro atoms.